The zero-order valence-corrected chi connectivity index (χ0v) is 15.1. The second kappa shape index (κ2) is 8.59. The van der Waals surface area contributed by atoms with Gasteiger partial charge in [0.1, 0.15) is 6.29 Å². The Bertz CT molecular complexity index is 703. The summed E-state index contributed by atoms with van der Waals surface area (Å²) in [5, 5.41) is 3.84. The maximum Gasteiger partial charge on any atom is 0.121 e. The van der Waals surface area contributed by atoms with Crippen molar-refractivity contribution in [2.45, 2.75) is 31.3 Å². The van der Waals surface area contributed by atoms with Crippen LogP contribution in [-0.2, 0) is 10.3 Å². The first kappa shape index (κ1) is 18.1. The van der Waals surface area contributed by atoms with E-state index in [4.69, 9.17) is 0 Å². The third-order valence-corrected chi connectivity index (χ3v) is 4.91. The molecule has 0 fully saturated rings. The molecule has 1 N–H and O–H groups in total. The SMILES string of the molecule is CC[C@@H](CC=O)NC(c1ccccc1)(c1ccccc1)c1ccccc1. The maximum atomic E-state index is 11.2. The molecule has 3 aromatic rings. The van der Waals surface area contributed by atoms with E-state index in [-0.39, 0.29) is 6.04 Å². The van der Waals surface area contributed by atoms with Crippen LogP contribution >= 0.6 is 0 Å². The van der Waals surface area contributed by atoms with Crippen molar-refractivity contribution in [3.05, 3.63) is 108 Å². The number of carbonyl (C=O) groups is 1. The van der Waals surface area contributed by atoms with Crippen molar-refractivity contribution in [1.29, 1.82) is 0 Å². The van der Waals surface area contributed by atoms with Gasteiger partial charge in [0.2, 0.25) is 0 Å². The Balaban J connectivity index is 2.26. The lowest BCUT2D eigenvalue weighted by Gasteiger charge is -2.40. The van der Waals surface area contributed by atoms with Crippen LogP contribution in [0.5, 0.6) is 0 Å². The molecule has 0 unspecified atom stereocenters. The number of nitrogens with one attached hydrogen (secondary N) is 1. The maximum absolute atomic E-state index is 11.2. The quantitative estimate of drug-likeness (QED) is 0.464. The summed E-state index contributed by atoms with van der Waals surface area (Å²) in [6, 6.07) is 31.5. The highest BCUT2D eigenvalue weighted by Crippen LogP contribution is 2.37. The number of aldehydes is 1. The molecule has 2 nitrogen and oxygen atoms in total. The molecule has 0 aliphatic rings. The first-order valence-corrected chi connectivity index (χ1v) is 9.19. The molecule has 2 heteroatoms. The van der Waals surface area contributed by atoms with E-state index >= 15 is 0 Å². The van der Waals surface area contributed by atoms with Crippen molar-refractivity contribution in [3.63, 3.8) is 0 Å². The Labute approximate surface area is 155 Å². The second-order valence-corrected chi connectivity index (χ2v) is 6.50. The summed E-state index contributed by atoms with van der Waals surface area (Å²) < 4.78 is 0. The molecule has 0 spiro atoms. The van der Waals surface area contributed by atoms with E-state index in [0.29, 0.717) is 6.42 Å². The molecule has 132 valence electrons. The highest BCUT2D eigenvalue weighted by molar-refractivity contribution is 5.52. The van der Waals surface area contributed by atoms with Gasteiger partial charge in [0.05, 0.1) is 5.54 Å². The van der Waals surface area contributed by atoms with Crippen LogP contribution < -0.4 is 5.32 Å². The Morgan fingerprint density at radius 2 is 1.15 bits per heavy atom. The molecule has 0 aliphatic carbocycles. The molecule has 0 radical (unpaired) electrons. The minimum atomic E-state index is -0.506. The highest BCUT2D eigenvalue weighted by atomic mass is 16.1. The molecule has 0 saturated carbocycles. The Hall–Kier alpha value is -2.71. The fourth-order valence-corrected chi connectivity index (χ4v) is 3.56. The van der Waals surface area contributed by atoms with Crippen LogP contribution in [0.2, 0.25) is 0 Å². The summed E-state index contributed by atoms with van der Waals surface area (Å²) in [6.07, 6.45) is 2.38. The van der Waals surface area contributed by atoms with Crippen LogP contribution in [0.3, 0.4) is 0 Å². The van der Waals surface area contributed by atoms with Crippen LogP contribution in [0.1, 0.15) is 36.5 Å². The van der Waals surface area contributed by atoms with Crippen molar-refractivity contribution in [2.75, 3.05) is 0 Å². The molecule has 0 amide bonds. The van der Waals surface area contributed by atoms with Crippen molar-refractivity contribution < 1.29 is 4.79 Å². The summed E-state index contributed by atoms with van der Waals surface area (Å²) in [5.41, 5.74) is 3.00. The lowest BCUT2D eigenvalue weighted by Crippen LogP contribution is -2.49. The molecule has 3 aromatic carbocycles. The van der Waals surface area contributed by atoms with Crippen molar-refractivity contribution in [3.8, 4) is 0 Å². The molecule has 0 bridgehead atoms. The summed E-state index contributed by atoms with van der Waals surface area (Å²) >= 11 is 0. The van der Waals surface area contributed by atoms with Crippen molar-refractivity contribution >= 4 is 6.29 Å². The molecule has 0 aromatic heterocycles. The smallest absolute Gasteiger partial charge is 0.121 e. The van der Waals surface area contributed by atoms with E-state index in [1.54, 1.807) is 0 Å². The lowest BCUT2D eigenvalue weighted by atomic mass is 9.76. The van der Waals surface area contributed by atoms with Crippen molar-refractivity contribution in [2.24, 2.45) is 0 Å². The predicted molar refractivity (Wildman–Crippen MR) is 107 cm³/mol. The Kier molecular flexibility index (Phi) is 5.98. The average Bonchev–Trinajstić information content (AvgIpc) is 2.73. The highest BCUT2D eigenvalue weighted by Gasteiger charge is 2.37. The van der Waals surface area contributed by atoms with Gasteiger partial charge in [0, 0.05) is 12.5 Å². The van der Waals surface area contributed by atoms with Crippen LogP contribution in [0, 0.1) is 0 Å². The number of rotatable bonds is 8. The van der Waals surface area contributed by atoms with Crippen LogP contribution in [0.15, 0.2) is 91.0 Å². The van der Waals surface area contributed by atoms with E-state index in [0.717, 1.165) is 12.7 Å². The van der Waals surface area contributed by atoms with Gasteiger partial charge in [-0.15, -0.1) is 0 Å². The van der Waals surface area contributed by atoms with Crippen LogP contribution in [-0.4, -0.2) is 12.3 Å². The molecule has 0 heterocycles. The Morgan fingerprint density at radius 3 is 1.46 bits per heavy atom. The molecule has 26 heavy (non-hydrogen) atoms. The summed E-state index contributed by atoms with van der Waals surface area (Å²) in [6.45, 7) is 2.12. The van der Waals surface area contributed by atoms with E-state index in [2.05, 4.69) is 85.0 Å². The van der Waals surface area contributed by atoms with Gasteiger partial charge in [-0.2, -0.15) is 0 Å². The third-order valence-electron chi connectivity index (χ3n) is 4.91. The average molecular weight is 343 g/mol. The summed E-state index contributed by atoms with van der Waals surface area (Å²) in [4.78, 5) is 11.2. The zero-order chi connectivity index (χ0) is 18.2. The first-order valence-electron chi connectivity index (χ1n) is 9.19. The van der Waals surface area contributed by atoms with E-state index in [1.165, 1.54) is 16.7 Å². The molecule has 3 rings (SSSR count). The minimum Gasteiger partial charge on any atom is -0.303 e. The second-order valence-electron chi connectivity index (χ2n) is 6.50. The van der Waals surface area contributed by atoms with E-state index in [1.807, 2.05) is 18.2 Å². The number of hydrogen-bond donors (Lipinski definition) is 1. The zero-order valence-electron chi connectivity index (χ0n) is 15.1. The van der Waals surface area contributed by atoms with E-state index < -0.39 is 5.54 Å². The van der Waals surface area contributed by atoms with Gasteiger partial charge in [0.15, 0.2) is 0 Å². The standard InChI is InChI=1S/C24H25NO/c1-2-23(18-19-26)25-24(20-12-6-3-7-13-20,21-14-8-4-9-15-21)22-16-10-5-11-17-22/h3-17,19,23,25H,2,18H2,1H3/t23-/m0/s1. The lowest BCUT2D eigenvalue weighted by molar-refractivity contribution is -0.108. The van der Waals surface area contributed by atoms with Gasteiger partial charge in [0.25, 0.3) is 0 Å². The molecular formula is C24H25NO. The van der Waals surface area contributed by atoms with Gasteiger partial charge < -0.3 is 4.79 Å². The third kappa shape index (κ3) is 3.61. The normalized spacial score (nSPS) is 12.5. The van der Waals surface area contributed by atoms with Gasteiger partial charge in [-0.3, -0.25) is 5.32 Å². The van der Waals surface area contributed by atoms with Crippen molar-refractivity contribution in [1.82, 2.24) is 5.32 Å². The first-order chi connectivity index (χ1) is 12.8. The van der Waals surface area contributed by atoms with Gasteiger partial charge in [-0.05, 0) is 23.1 Å². The van der Waals surface area contributed by atoms with Gasteiger partial charge in [-0.25, -0.2) is 0 Å². The van der Waals surface area contributed by atoms with Crippen LogP contribution in [0.4, 0.5) is 0 Å². The number of benzene rings is 3. The summed E-state index contributed by atoms with van der Waals surface area (Å²) in [5.74, 6) is 0. The van der Waals surface area contributed by atoms with Gasteiger partial charge >= 0.3 is 0 Å². The van der Waals surface area contributed by atoms with Gasteiger partial charge in [-0.1, -0.05) is 97.9 Å². The Morgan fingerprint density at radius 1 is 0.769 bits per heavy atom. The van der Waals surface area contributed by atoms with E-state index in [9.17, 15) is 4.79 Å². The predicted octanol–water partition coefficient (Wildman–Crippen LogP) is 4.94. The molecule has 0 aliphatic heterocycles. The monoisotopic (exact) mass is 343 g/mol. The largest absolute Gasteiger partial charge is 0.303 e. The topological polar surface area (TPSA) is 29.1 Å². The number of carbonyl (C=O) groups excluding carboxylic acids is 1. The fourth-order valence-electron chi connectivity index (χ4n) is 3.56. The summed E-state index contributed by atoms with van der Waals surface area (Å²) in [7, 11) is 0. The molecule has 1 atom stereocenters. The molecular weight excluding hydrogens is 318 g/mol. The van der Waals surface area contributed by atoms with Crippen LogP contribution in [0.25, 0.3) is 0 Å². The molecule has 0 saturated heterocycles. The minimum absolute atomic E-state index is 0.0909. The number of hydrogen-bond acceptors (Lipinski definition) is 2. The fraction of sp³-hybridized carbons (Fsp3) is 0.208.